The van der Waals surface area contributed by atoms with Crippen LogP contribution in [0.25, 0.3) is 0 Å². The van der Waals surface area contributed by atoms with Gasteiger partial charge in [-0.2, -0.15) is 0 Å². The minimum Gasteiger partial charge on any atom is -0.370 e. The second-order valence-corrected chi connectivity index (χ2v) is 4.06. The molecule has 0 bridgehead atoms. The van der Waals surface area contributed by atoms with E-state index in [2.05, 4.69) is 29.1 Å². The first-order valence-electron chi connectivity index (χ1n) is 5.77. The van der Waals surface area contributed by atoms with Gasteiger partial charge in [-0.25, -0.2) is 9.97 Å². The normalized spacial score (nSPS) is 13.1. The Balaban J connectivity index is 2.86. The van der Waals surface area contributed by atoms with Gasteiger partial charge in [0.05, 0.1) is 5.69 Å². The average molecular weight is 223 g/mol. The number of hydrogen-bond acceptors (Lipinski definition) is 4. The Bertz CT molecular complexity index is 315. The molecule has 0 aliphatic heterocycles. The fourth-order valence-electron chi connectivity index (χ4n) is 1.57. The van der Waals surface area contributed by atoms with Gasteiger partial charge in [0.25, 0.3) is 0 Å². The molecule has 0 saturated carbocycles. The van der Waals surface area contributed by atoms with E-state index in [1.54, 1.807) is 6.20 Å². The molecule has 1 N–H and O–H groups in total. The highest BCUT2D eigenvalue weighted by Crippen LogP contribution is 2.22. The molecule has 1 rings (SSSR count). The van der Waals surface area contributed by atoms with Crippen molar-refractivity contribution >= 4 is 0 Å². The highest BCUT2D eigenvalue weighted by atomic mass is 16.5. The van der Waals surface area contributed by atoms with Gasteiger partial charge in [-0.05, 0) is 26.0 Å². The standard InChI is InChI=1S/C12H21N3O/c1-5-16-11(9(2)3)12-14-7-6-10(15-12)8-13-4/h6-7,9,11,13H,5,8H2,1-4H3. The van der Waals surface area contributed by atoms with Crippen molar-refractivity contribution in [1.82, 2.24) is 15.3 Å². The first kappa shape index (κ1) is 13.1. The summed E-state index contributed by atoms with van der Waals surface area (Å²) in [4.78, 5) is 8.80. The van der Waals surface area contributed by atoms with Gasteiger partial charge in [0.2, 0.25) is 0 Å². The molecule has 1 atom stereocenters. The zero-order valence-corrected chi connectivity index (χ0v) is 10.5. The molecule has 0 amide bonds. The van der Waals surface area contributed by atoms with Crippen LogP contribution in [0.3, 0.4) is 0 Å². The number of aromatic nitrogens is 2. The van der Waals surface area contributed by atoms with Crippen molar-refractivity contribution in [1.29, 1.82) is 0 Å². The second kappa shape index (κ2) is 6.55. The van der Waals surface area contributed by atoms with Crippen LogP contribution in [0.1, 0.15) is 38.4 Å². The molecule has 0 aliphatic carbocycles. The summed E-state index contributed by atoms with van der Waals surface area (Å²) < 4.78 is 5.68. The molecule has 1 aromatic rings. The van der Waals surface area contributed by atoms with Gasteiger partial charge in [0.1, 0.15) is 6.10 Å². The number of rotatable bonds is 6. The third-order valence-electron chi connectivity index (χ3n) is 2.30. The summed E-state index contributed by atoms with van der Waals surface area (Å²) in [5, 5.41) is 3.08. The summed E-state index contributed by atoms with van der Waals surface area (Å²) in [6.07, 6.45) is 1.78. The van der Waals surface area contributed by atoms with Crippen LogP contribution >= 0.6 is 0 Å². The summed E-state index contributed by atoms with van der Waals surface area (Å²) in [7, 11) is 1.91. The Morgan fingerprint density at radius 2 is 2.19 bits per heavy atom. The van der Waals surface area contributed by atoms with Crippen molar-refractivity contribution in [3.63, 3.8) is 0 Å². The largest absolute Gasteiger partial charge is 0.370 e. The molecule has 0 saturated heterocycles. The zero-order chi connectivity index (χ0) is 12.0. The summed E-state index contributed by atoms with van der Waals surface area (Å²) in [6.45, 7) is 7.67. The van der Waals surface area contributed by atoms with Crippen molar-refractivity contribution < 1.29 is 4.74 Å². The molecule has 0 spiro atoms. The van der Waals surface area contributed by atoms with E-state index in [1.807, 2.05) is 20.0 Å². The van der Waals surface area contributed by atoms with E-state index < -0.39 is 0 Å². The predicted octanol–water partition coefficient (Wildman–Crippen LogP) is 1.93. The van der Waals surface area contributed by atoms with Crippen LogP contribution < -0.4 is 5.32 Å². The Kier molecular flexibility index (Phi) is 5.35. The summed E-state index contributed by atoms with van der Waals surface area (Å²) in [5.74, 6) is 1.16. The lowest BCUT2D eigenvalue weighted by atomic mass is 10.1. The minimum absolute atomic E-state index is 0.0122. The molecule has 16 heavy (non-hydrogen) atoms. The molecule has 0 aliphatic rings. The molecular formula is C12H21N3O. The van der Waals surface area contributed by atoms with Gasteiger partial charge in [-0.1, -0.05) is 13.8 Å². The summed E-state index contributed by atoms with van der Waals surface area (Å²) in [5.41, 5.74) is 0.998. The number of hydrogen-bond donors (Lipinski definition) is 1. The monoisotopic (exact) mass is 223 g/mol. The molecule has 0 aromatic carbocycles. The van der Waals surface area contributed by atoms with Gasteiger partial charge in [-0.15, -0.1) is 0 Å². The zero-order valence-electron chi connectivity index (χ0n) is 10.5. The van der Waals surface area contributed by atoms with Crippen molar-refractivity contribution in [2.75, 3.05) is 13.7 Å². The van der Waals surface area contributed by atoms with Gasteiger partial charge in [0.15, 0.2) is 5.82 Å². The maximum Gasteiger partial charge on any atom is 0.157 e. The quantitative estimate of drug-likeness (QED) is 0.800. The van der Waals surface area contributed by atoms with Crippen LogP contribution in [0.4, 0.5) is 0 Å². The average Bonchev–Trinajstić information content (AvgIpc) is 2.26. The van der Waals surface area contributed by atoms with E-state index in [9.17, 15) is 0 Å². The van der Waals surface area contributed by atoms with Crippen LogP contribution in [0.5, 0.6) is 0 Å². The smallest absolute Gasteiger partial charge is 0.157 e. The van der Waals surface area contributed by atoms with Crippen LogP contribution in [0.2, 0.25) is 0 Å². The molecule has 1 unspecified atom stereocenters. The first-order valence-corrected chi connectivity index (χ1v) is 5.77. The van der Waals surface area contributed by atoms with E-state index in [4.69, 9.17) is 4.74 Å². The van der Waals surface area contributed by atoms with Crippen molar-refractivity contribution in [2.24, 2.45) is 5.92 Å². The lowest BCUT2D eigenvalue weighted by molar-refractivity contribution is 0.0230. The molecule has 4 nitrogen and oxygen atoms in total. The fraction of sp³-hybridized carbons (Fsp3) is 0.667. The van der Waals surface area contributed by atoms with E-state index in [0.717, 1.165) is 18.1 Å². The third-order valence-corrected chi connectivity index (χ3v) is 2.30. The van der Waals surface area contributed by atoms with Crippen LogP contribution in [0, 0.1) is 5.92 Å². The van der Waals surface area contributed by atoms with E-state index in [0.29, 0.717) is 12.5 Å². The number of ether oxygens (including phenoxy) is 1. The summed E-state index contributed by atoms with van der Waals surface area (Å²) >= 11 is 0. The van der Waals surface area contributed by atoms with E-state index in [1.165, 1.54) is 0 Å². The molecule has 90 valence electrons. The predicted molar refractivity (Wildman–Crippen MR) is 64.0 cm³/mol. The van der Waals surface area contributed by atoms with Crippen molar-refractivity contribution in [2.45, 2.75) is 33.4 Å². The maximum absolute atomic E-state index is 5.68. The van der Waals surface area contributed by atoms with Crippen LogP contribution in [-0.2, 0) is 11.3 Å². The molecule has 4 heteroatoms. The molecule has 0 radical (unpaired) electrons. The van der Waals surface area contributed by atoms with Gasteiger partial charge in [-0.3, -0.25) is 0 Å². The Morgan fingerprint density at radius 1 is 1.44 bits per heavy atom. The Labute approximate surface area is 97.5 Å². The van der Waals surface area contributed by atoms with Gasteiger partial charge < -0.3 is 10.1 Å². The first-order chi connectivity index (χ1) is 7.69. The molecule has 0 fully saturated rings. The SMILES string of the molecule is CCOC(c1nccc(CNC)n1)C(C)C. The lowest BCUT2D eigenvalue weighted by Gasteiger charge is -2.19. The minimum atomic E-state index is -0.0122. The molecular weight excluding hydrogens is 202 g/mol. The Morgan fingerprint density at radius 3 is 2.75 bits per heavy atom. The van der Waals surface area contributed by atoms with Crippen LogP contribution in [-0.4, -0.2) is 23.6 Å². The Hall–Kier alpha value is -1.00. The van der Waals surface area contributed by atoms with Crippen molar-refractivity contribution in [3.05, 3.63) is 23.8 Å². The summed E-state index contributed by atoms with van der Waals surface area (Å²) in [6, 6.07) is 1.92. The maximum atomic E-state index is 5.68. The highest BCUT2D eigenvalue weighted by Gasteiger charge is 2.18. The van der Waals surface area contributed by atoms with Crippen molar-refractivity contribution in [3.8, 4) is 0 Å². The third kappa shape index (κ3) is 3.54. The molecule has 1 aromatic heterocycles. The lowest BCUT2D eigenvalue weighted by Crippen LogP contribution is -2.16. The van der Waals surface area contributed by atoms with Gasteiger partial charge in [0, 0.05) is 19.3 Å². The molecule has 1 heterocycles. The van der Waals surface area contributed by atoms with Crippen LogP contribution in [0.15, 0.2) is 12.3 Å². The van der Waals surface area contributed by atoms with E-state index >= 15 is 0 Å². The topological polar surface area (TPSA) is 47.0 Å². The fourth-order valence-corrected chi connectivity index (χ4v) is 1.57. The number of nitrogens with one attached hydrogen (secondary N) is 1. The van der Waals surface area contributed by atoms with E-state index in [-0.39, 0.29) is 6.10 Å². The number of nitrogens with zero attached hydrogens (tertiary/aromatic N) is 2. The highest BCUT2D eigenvalue weighted by molar-refractivity contribution is 5.04. The second-order valence-electron chi connectivity index (χ2n) is 4.06. The van der Waals surface area contributed by atoms with Gasteiger partial charge >= 0.3 is 0 Å².